The number of carbonyl (C=O) groups is 2. The predicted molar refractivity (Wildman–Crippen MR) is 106 cm³/mol. The van der Waals surface area contributed by atoms with Crippen molar-refractivity contribution in [3.05, 3.63) is 57.9 Å². The van der Waals surface area contributed by atoms with Gasteiger partial charge in [0.25, 0.3) is 0 Å². The standard InChI is InChI=1S/C23H27NO4/c1-14-8-10-16(11-9-14)21-20(23(26)28-13-17-5-4-12-27-17)15(2)24-18-6-3-7-19(25)22(18)21/h8-11,17,21,24H,3-7,12-13H2,1-2H3/t17-,21-/m1/s1. The molecule has 0 bridgehead atoms. The summed E-state index contributed by atoms with van der Waals surface area (Å²) < 4.78 is 11.2. The molecule has 3 aliphatic rings. The van der Waals surface area contributed by atoms with Crippen molar-refractivity contribution in [2.45, 2.75) is 58.0 Å². The molecule has 0 saturated carbocycles. The summed E-state index contributed by atoms with van der Waals surface area (Å²) in [5, 5.41) is 3.33. The number of aryl methyl sites for hydroxylation is 1. The quantitative estimate of drug-likeness (QED) is 0.806. The minimum absolute atomic E-state index is 0.0229. The van der Waals surface area contributed by atoms with Gasteiger partial charge in [-0.25, -0.2) is 4.79 Å². The van der Waals surface area contributed by atoms with Gasteiger partial charge in [0.05, 0.1) is 11.7 Å². The maximum atomic E-state index is 13.1. The number of dihydropyridines is 1. The number of rotatable bonds is 4. The van der Waals surface area contributed by atoms with E-state index in [0.29, 0.717) is 12.0 Å². The lowest BCUT2D eigenvalue weighted by Gasteiger charge is -2.34. The third kappa shape index (κ3) is 3.63. The SMILES string of the molecule is CC1=C(C(=O)OC[C@H]2CCCO2)[C@@H](c2ccc(C)cc2)C2=C(CCCC2=O)N1. The van der Waals surface area contributed by atoms with Crippen LogP contribution in [0.3, 0.4) is 0 Å². The highest BCUT2D eigenvalue weighted by Crippen LogP contribution is 2.42. The Hall–Kier alpha value is -2.40. The lowest BCUT2D eigenvalue weighted by Crippen LogP contribution is -2.35. The van der Waals surface area contributed by atoms with Crippen molar-refractivity contribution in [3.63, 3.8) is 0 Å². The van der Waals surface area contributed by atoms with Crippen molar-refractivity contribution >= 4 is 11.8 Å². The minimum atomic E-state index is -0.373. The van der Waals surface area contributed by atoms with E-state index >= 15 is 0 Å². The molecule has 2 heterocycles. The number of allylic oxidation sites excluding steroid dienone is 3. The summed E-state index contributed by atoms with van der Waals surface area (Å²) in [7, 11) is 0. The molecule has 148 valence electrons. The van der Waals surface area contributed by atoms with Crippen molar-refractivity contribution < 1.29 is 19.1 Å². The Morgan fingerprint density at radius 1 is 1.18 bits per heavy atom. The average molecular weight is 381 g/mol. The molecule has 0 unspecified atom stereocenters. The minimum Gasteiger partial charge on any atom is -0.459 e. The van der Waals surface area contributed by atoms with Crippen LogP contribution in [0.5, 0.6) is 0 Å². The second kappa shape index (κ2) is 7.92. The van der Waals surface area contributed by atoms with Gasteiger partial charge in [-0.05, 0) is 45.1 Å². The monoisotopic (exact) mass is 381 g/mol. The summed E-state index contributed by atoms with van der Waals surface area (Å²) in [4.78, 5) is 25.9. The predicted octanol–water partition coefficient (Wildman–Crippen LogP) is 3.69. The number of ether oxygens (including phenoxy) is 2. The number of carbonyl (C=O) groups excluding carboxylic acids is 2. The summed E-state index contributed by atoms with van der Waals surface area (Å²) in [6.07, 6.45) is 4.10. The molecule has 1 N–H and O–H groups in total. The molecule has 1 aliphatic carbocycles. The van der Waals surface area contributed by atoms with Crippen LogP contribution in [0.4, 0.5) is 0 Å². The Balaban J connectivity index is 1.68. The first-order valence-electron chi connectivity index (χ1n) is 10.1. The molecule has 4 rings (SSSR count). The van der Waals surface area contributed by atoms with E-state index in [-0.39, 0.29) is 30.4 Å². The van der Waals surface area contributed by atoms with Gasteiger partial charge in [0.2, 0.25) is 0 Å². The van der Waals surface area contributed by atoms with Gasteiger partial charge < -0.3 is 14.8 Å². The molecule has 1 saturated heterocycles. The topological polar surface area (TPSA) is 64.6 Å². The van der Waals surface area contributed by atoms with E-state index in [1.807, 2.05) is 38.1 Å². The van der Waals surface area contributed by atoms with Gasteiger partial charge in [0, 0.05) is 35.9 Å². The summed E-state index contributed by atoms with van der Waals surface area (Å²) in [6.45, 7) is 4.91. The van der Waals surface area contributed by atoms with Gasteiger partial charge in [0.15, 0.2) is 5.78 Å². The molecule has 2 aliphatic heterocycles. The number of Topliss-reactive ketones (excluding diaryl/α,β-unsaturated/α-hetero) is 1. The number of esters is 1. The molecule has 1 aromatic carbocycles. The lowest BCUT2D eigenvalue weighted by molar-refractivity contribution is -0.142. The first-order chi connectivity index (χ1) is 13.5. The van der Waals surface area contributed by atoms with E-state index in [1.54, 1.807) is 0 Å². The molecule has 0 amide bonds. The number of nitrogens with one attached hydrogen (secondary N) is 1. The molecule has 0 radical (unpaired) electrons. The van der Waals surface area contributed by atoms with E-state index < -0.39 is 0 Å². The number of hydrogen-bond donors (Lipinski definition) is 1. The maximum Gasteiger partial charge on any atom is 0.336 e. The third-order valence-corrected chi connectivity index (χ3v) is 5.83. The Kier molecular flexibility index (Phi) is 5.36. The fraction of sp³-hybridized carbons (Fsp3) is 0.478. The van der Waals surface area contributed by atoms with Crippen molar-refractivity contribution in [1.82, 2.24) is 5.32 Å². The van der Waals surface area contributed by atoms with Crippen LogP contribution in [0.25, 0.3) is 0 Å². The molecule has 0 aromatic heterocycles. The Morgan fingerprint density at radius 2 is 1.96 bits per heavy atom. The fourth-order valence-electron chi connectivity index (χ4n) is 4.37. The third-order valence-electron chi connectivity index (χ3n) is 5.83. The van der Waals surface area contributed by atoms with Crippen LogP contribution in [0.2, 0.25) is 0 Å². The van der Waals surface area contributed by atoms with Crippen LogP contribution in [-0.4, -0.2) is 31.1 Å². The fourth-order valence-corrected chi connectivity index (χ4v) is 4.37. The van der Waals surface area contributed by atoms with Crippen LogP contribution in [0, 0.1) is 6.92 Å². The van der Waals surface area contributed by atoms with E-state index in [1.165, 1.54) is 0 Å². The van der Waals surface area contributed by atoms with Gasteiger partial charge in [0.1, 0.15) is 6.61 Å². The summed E-state index contributed by atoms with van der Waals surface area (Å²) in [5.74, 6) is -0.617. The number of hydrogen-bond acceptors (Lipinski definition) is 5. The zero-order chi connectivity index (χ0) is 19.7. The highest BCUT2D eigenvalue weighted by molar-refractivity contribution is 6.03. The van der Waals surface area contributed by atoms with Crippen LogP contribution in [0.15, 0.2) is 46.8 Å². The molecular formula is C23H27NO4. The molecule has 1 aromatic rings. The zero-order valence-corrected chi connectivity index (χ0v) is 16.5. The lowest BCUT2D eigenvalue weighted by atomic mass is 9.75. The zero-order valence-electron chi connectivity index (χ0n) is 16.5. The van der Waals surface area contributed by atoms with Crippen LogP contribution in [-0.2, 0) is 19.1 Å². The smallest absolute Gasteiger partial charge is 0.336 e. The molecule has 28 heavy (non-hydrogen) atoms. The number of benzene rings is 1. The van der Waals surface area contributed by atoms with E-state index in [0.717, 1.165) is 60.4 Å². The van der Waals surface area contributed by atoms with E-state index in [9.17, 15) is 9.59 Å². The van der Waals surface area contributed by atoms with Crippen LogP contribution in [0.1, 0.15) is 56.1 Å². The molecule has 1 fully saturated rings. The second-order valence-electron chi connectivity index (χ2n) is 7.91. The average Bonchev–Trinajstić information content (AvgIpc) is 3.19. The normalized spacial score (nSPS) is 24.9. The summed E-state index contributed by atoms with van der Waals surface area (Å²) in [5.41, 5.74) is 5.09. The van der Waals surface area contributed by atoms with Crippen molar-refractivity contribution in [2.24, 2.45) is 0 Å². The van der Waals surface area contributed by atoms with Crippen molar-refractivity contribution in [1.29, 1.82) is 0 Å². The first kappa shape index (κ1) is 18.9. The second-order valence-corrected chi connectivity index (χ2v) is 7.91. The first-order valence-corrected chi connectivity index (χ1v) is 10.1. The van der Waals surface area contributed by atoms with Gasteiger partial charge in [-0.2, -0.15) is 0 Å². The molecule has 5 heteroatoms. The Bertz CT molecular complexity index is 844. The Morgan fingerprint density at radius 3 is 2.68 bits per heavy atom. The highest BCUT2D eigenvalue weighted by Gasteiger charge is 2.39. The highest BCUT2D eigenvalue weighted by atomic mass is 16.6. The molecule has 0 spiro atoms. The van der Waals surface area contributed by atoms with Gasteiger partial charge in [-0.15, -0.1) is 0 Å². The van der Waals surface area contributed by atoms with Crippen LogP contribution >= 0.6 is 0 Å². The van der Waals surface area contributed by atoms with Gasteiger partial charge in [-0.1, -0.05) is 29.8 Å². The summed E-state index contributed by atoms with van der Waals surface area (Å²) in [6, 6.07) is 8.07. The van der Waals surface area contributed by atoms with Crippen molar-refractivity contribution in [2.75, 3.05) is 13.2 Å². The van der Waals surface area contributed by atoms with E-state index in [4.69, 9.17) is 9.47 Å². The molecular weight excluding hydrogens is 354 g/mol. The van der Waals surface area contributed by atoms with Gasteiger partial charge in [-0.3, -0.25) is 4.79 Å². The van der Waals surface area contributed by atoms with Crippen LogP contribution < -0.4 is 5.32 Å². The Labute approximate surface area is 165 Å². The largest absolute Gasteiger partial charge is 0.459 e. The van der Waals surface area contributed by atoms with Crippen molar-refractivity contribution in [3.8, 4) is 0 Å². The summed E-state index contributed by atoms with van der Waals surface area (Å²) >= 11 is 0. The molecule has 5 nitrogen and oxygen atoms in total. The number of ketones is 1. The molecule has 2 atom stereocenters. The van der Waals surface area contributed by atoms with E-state index in [2.05, 4.69) is 5.32 Å². The maximum absolute atomic E-state index is 13.1. The van der Waals surface area contributed by atoms with Gasteiger partial charge >= 0.3 is 5.97 Å².